The van der Waals surface area contributed by atoms with Crippen molar-refractivity contribution in [3.8, 4) is 0 Å². The van der Waals surface area contributed by atoms with Crippen molar-refractivity contribution in [1.29, 1.82) is 0 Å². The standard InChI is InChI=1S/C13H16N2O6/c1-13(2,3)21-12(17)14-9-6-5-8(11(16)20-4)7-10(9)15(18)19/h5-7H,1-4H3,(H,14,17). The van der Waals surface area contributed by atoms with Gasteiger partial charge < -0.3 is 9.47 Å². The van der Waals surface area contributed by atoms with Crippen molar-refractivity contribution in [3.05, 3.63) is 33.9 Å². The number of nitrogens with one attached hydrogen (secondary N) is 1. The zero-order chi connectivity index (χ0) is 16.2. The predicted molar refractivity (Wildman–Crippen MR) is 74.3 cm³/mol. The minimum atomic E-state index is -0.823. The number of ether oxygens (including phenoxy) is 2. The summed E-state index contributed by atoms with van der Waals surface area (Å²) in [6.07, 6.45) is -0.823. The Bertz CT molecular complexity index is 577. The monoisotopic (exact) mass is 296 g/mol. The van der Waals surface area contributed by atoms with E-state index in [-0.39, 0.29) is 11.3 Å². The molecule has 1 aromatic rings. The lowest BCUT2D eigenvalue weighted by Gasteiger charge is -2.19. The summed E-state index contributed by atoms with van der Waals surface area (Å²) in [6, 6.07) is 3.58. The lowest BCUT2D eigenvalue weighted by atomic mass is 10.1. The van der Waals surface area contributed by atoms with Gasteiger partial charge in [0.25, 0.3) is 5.69 Å². The van der Waals surface area contributed by atoms with Gasteiger partial charge in [-0.15, -0.1) is 0 Å². The van der Waals surface area contributed by atoms with Gasteiger partial charge in [0.15, 0.2) is 0 Å². The number of amides is 1. The Morgan fingerprint density at radius 3 is 2.38 bits per heavy atom. The highest BCUT2D eigenvalue weighted by molar-refractivity contribution is 5.93. The lowest BCUT2D eigenvalue weighted by Crippen LogP contribution is -2.27. The number of nitrogens with zero attached hydrogens (tertiary/aromatic N) is 1. The molecule has 0 aliphatic rings. The fourth-order valence-corrected chi connectivity index (χ4v) is 1.45. The molecule has 0 radical (unpaired) electrons. The molecular weight excluding hydrogens is 280 g/mol. The van der Waals surface area contributed by atoms with Crippen LogP contribution in [0.3, 0.4) is 0 Å². The number of benzene rings is 1. The SMILES string of the molecule is COC(=O)c1ccc(NC(=O)OC(C)(C)C)c([N+](=O)[O-])c1. The third-order valence-corrected chi connectivity index (χ3v) is 2.25. The number of carbonyl (C=O) groups is 2. The highest BCUT2D eigenvalue weighted by Crippen LogP contribution is 2.26. The molecule has 0 fully saturated rings. The Morgan fingerprint density at radius 2 is 1.90 bits per heavy atom. The highest BCUT2D eigenvalue weighted by Gasteiger charge is 2.22. The molecule has 1 N–H and O–H groups in total. The molecule has 8 heteroatoms. The summed E-state index contributed by atoms with van der Waals surface area (Å²) < 4.78 is 9.50. The summed E-state index contributed by atoms with van der Waals surface area (Å²) in [5, 5.41) is 13.3. The summed E-state index contributed by atoms with van der Waals surface area (Å²) >= 11 is 0. The van der Waals surface area contributed by atoms with E-state index in [1.54, 1.807) is 20.8 Å². The van der Waals surface area contributed by atoms with Gasteiger partial charge in [0.2, 0.25) is 0 Å². The van der Waals surface area contributed by atoms with E-state index in [2.05, 4.69) is 10.1 Å². The molecule has 0 saturated heterocycles. The van der Waals surface area contributed by atoms with Gasteiger partial charge in [0.05, 0.1) is 17.6 Å². The van der Waals surface area contributed by atoms with E-state index in [0.29, 0.717) is 0 Å². The van der Waals surface area contributed by atoms with Gasteiger partial charge in [-0.25, -0.2) is 9.59 Å². The molecule has 0 aliphatic heterocycles. The molecule has 0 saturated carbocycles. The van der Waals surface area contributed by atoms with Crippen molar-refractivity contribution in [2.45, 2.75) is 26.4 Å². The van der Waals surface area contributed by atoms with Crippen LogP contribution in [0.25, 0.3) is 0 Å². The van der Waals surface area contributed by atoms with Crippen LogP contribution in [0.15, 0.2) is 18.2 Å². The van der Waals surface area contributed by atoms with E-state index in [9.17, 15) is 19.7 Å². The first-order valence-corrected chi connectivity index (χ1v) is 6.01. The molecule has 0 aliphatic carbocycles. The van der Waals surface area contributed by atoms with Crippen LogP contribution >= 0.6 is 0 Å². The van der Waals surface area contributed by atoms with Crippen molar-refractivity contribution < 1.29 is 24.0 Å². The molecule has 0 aromatic heterocycles. The van der Waals surface area contributed by atoms with Crippen LogP contribution < -0.4 is 5.32 Å². The summed E-state index contributed by atoms with van der Waals surface area (Å²) in [4.78, 5) is 33.3. The molecular formula is C13H16N2O6. The van der Waals surface area contributed by atoms with Crippen molar-refractivity contribution in [2.24, 2.45) is 0 Å². The Balaban J connectivity index is 3.05. The van der Waals surface area contributed by atoms with Gasteiger partial charge in [0.1, 0.15) is 11.3 Å². The van der Waals surface area contributed by atoms with Gasteiger partial charge in [0, 0.05) is 6.07 Å². The van der Waals surface area contributed by atoms with Crippen LogP contribution in [0.2, 0.25) is 0 Å². The predicted octanol–water partition coefficient (Wildman–Crippen LogP) is 2.73. The van der Waals surface area contributed by atoms with Gasteiger partial charge in [-0.3, -0.25) is 15.4 Å². The highest BCUT2D eigenvalue weighted by atomic mass is 16.6. The Morgan fingerprint density at radius 1 is 1.29 bits per heavy atom. The molecule has 0 atom stereocenters. The van der Waals surface area contributed by atoms with Crippen molar-refractivity contribution >= 4 is 23.4 Å². The van der Waals surface area contributed by atoms with Crippen LogP contribution in [0.1, 0.15) is 31.1 Å². The minimum absolute atomic E-state index is 0.0129. The number of hydrogen-bond acceptors (Lipinski definition) is 6. The number of hydrogen-bond donors (Lipinski definition) is 1. The average molecular weight is 296 g/mol. The zero-order valence-electron chi connectivity index (χ0n) is 12.1. The molecule has 21 heavy (non-hydrogen) atoms. The number of esters is 1. The lowest BCUT2D eigenvalue weighted by molar-refractivity contribution is -0.384. The molecule has 1 amide bonds. The molecule has 1 rings (SSSR count). The summed E-state index contributed by atoms with van der Waals surface area (Å²) in [5.74, 6) is -0.707. The fraction of sp³-hybridized carbons (Fsp3) is 0.385. The smallest absolute Gasteiger partial charge is 0.412 e. The minimum Gasteiger partial charge on any atom is -0.465 e. The molecule has 8 nitrogen and oxygen atoms in total. The van der Waals surface area contributed by atoms with Crippen molar-refractivity contribution in [1.82, 2.24) is 0 Å². The van der Waals surface area contributed by atoms with Gasteiger partial charge >= 0.3 is 12.1 Å². The molecule has 0 spiro atoms. The van der Waals surface area contributed by atoms with Crippen LogP contribution in [0.5, 0.6) is 0 Å². The first kappa shape index (κ1) is 16.4. The molecule has 0 heterocycles. The van der Waals surface area contributed by atoms with E-state index in [1.165, 1.54) is 19.2 Å². The van der Waals surface area contributed by atoms with Crippen LogP contribution in [-0.2, 0) is 9.47 Å². The van der Waals surface area contributed by atoms with Crippen LogP contribution in [-0.4, -0.2) is 29.7 Å². The van der Waals surface area contributed by atoms with E-state index in [1.807, 2.05) is 0 Å². The first-order valence-electron chi connectivity index (χ1n) is 6.01. The maximum absolute atomic E-state index is 11.6. The van der Waals surface area contributed by atoms with E-state index < -0.39 is 28.3 Å². The normalized spacial score (nSPS) is 10.7. The summed E-state index contributed by atoms with van der Waals surface area (Å²) in [5.41, 5.74) is -1.21. The number of nitro groups is 1. The second kappa shape index (κ2) is 6.21. The van der Waals surface area contributed by atoms with Crippen molar-refractivity contribution in [3.63, 3.8) is 0 Å². The zero-order valence-corrected chi connectivity index (χ0v) is 12.1. The van der Waals surface area contributed by atoms with Crippen molar-refractivity contribution in [2.75, 3.05) is 12.4 Å². The number of methoxy groups -OCH3 is 1. The van der Waals surface area contributed by atoms with Gasteiger partial charge in [-0.2, -0.15) is 0 Å². The summed E-state index contributed by atoms with van der Waals surface area (Å²) in [6.45, 7) is 5.00. The number of anilines is 1. The quantitative estimate of drug-likeness (QED) is 0.522. The maximum Gasteiger partial charge on any atom is 0.412 e. The largest absolute Gasteiger partial charge is 0.465 e. The second-order valence-corrected chi connectivity index (χ2v) is 5.11. The van der Waals surface area contributed by atoms with E-state index in [4.69, 9.17) is 4.74 Å². The third kappa shape index (κ3) is 4.75. The topological polar surface area (TPSA) is 108 Å². The number of rotatable bonds is 3. The van der Waals surface area contributed by atoms with Gasteiger partial charge in [-0.05, 0) is 32.9 Å². The molecule has 0 unspecified atom stereocenters. The molecule has 114 valence electrons. The van der Waals surface area contributed by atoms with Gasteiger partial charge in [-0.1, -0.05) is 0 Å². The Labute approximate surface area is 121 Å². The van der Waals surface area contributed by atoms with Crippen LogP contribution in [0, 0.1) is 10.1 Å². The molecule has 1 aromatic carbocycles. The fourth-order valence-electron chi connectivity index (χ4n) is 1.45. The summed E-state index contributed by atoms with van der Waals surface area (Å²) in [7, 11) is 1.17. The average Bonchev–Trinajstić information content (AvgIpc) is 2.35. The molecule has 0 bridgehead atoms. The van der Waals surface area contributed by atoms with Crippen LogP contribution in [0.4, 0.5) is 16.2 Å². The Hall–Kier alpha value is -2.64. The van der Waals surface area contributed by atoms with E-state index in [0.717, 1.165) is 6.07 Å². The Kier molecular flexibility index (Phi) is 4.85. The van der Waals surface area contributed by atoms with E-state index >= 15 is 0 Å². The third-order valence-electron chi connectivity index (χ3n) is 2.25. The second-order valence-electron chi connectivity index (χ2n) is 5.11. The first-order chi connectivity index (χ1) is 9.64. The number of carbonyl (C=O) groups excluding carboxylic acids is 2. The maximum atomic E-state index is 11.6. The number of nitro benzene ring substituents is 1.